The normalized spacial score (nSPS) is 10.8. The molecule has 2 aromatic heterocycles. The van der Waals surface area contributed by atoms with E-state index in [1.807, 2.05) is 6.07 Å². The summed E-state index contributed by atoms with van der Waals surface area (Å²) >= 11 is 0. The molecular weight excluding hydrogens is 336 g/mol. The maximum atomic E-state index is 12.3. The number of pyridine rings is 1. The Balaban J connectivity index is 1.84. The Bertz CT molecular complexity index is 1080. The first kappa shape index (κ1) is 16.8. The lowest BCUT2D eigenvalue weighted by Crippen LogP contribution is -2.32. The van der Waals surface area contributed by atoms with Crippen LogP contribution in [0.25, 0.3) is 11.6 Å². The molecule has 9 heteroatoms. The molecule has 3 aromatic rings. The zero-order chi connectivity index (χ0) is 18.7. The molecule has 0 aliphatic heterocycles. The predicted molar refractivity (Wildman–Crippen MR) is 92.4 cm³/mol. The van der Waals surface area contributed by atoms with E-state index in [4.69, 9.17) is 11.1 Å². The number of non-ortho nitro benzene ring substituents is 1. The minimum Gasteiger partial charge on any atom is -0.267 e. The third-order valence-corrected chi connectivity index (χ3v) is 3.63. The van der Waals surface area contributed by atoms with Gasteiger partial charge in [-0.25, -0.2) is 10.4 Å². The van der Waals surface area contributed by atoms with Gasteiger partial charge in [-0.15, -0.1) is 0 Å². The van der Waals surface area contributed by atoms with E-state index >= 15 is 0 Å². The molecule has 0 saturated heterocycles. The summed E-state index contributed by atoms with van der Waals surface area (Å²) in [5.41, 5.74) is 1.71. The van der Waals surface area contributed by atoms with E-state index in [0.29, 0.717) is 16.6 Å². The Morgan fingerprint density at radius 1 is 1.38 bits per heavy atom. The molecule has 9 nitrogen and oxygen atoms in total. The number of hydrogen-bond acceptors (Lipinski definition) is 6. The number of benzene rings is 1. The van der Waals surface area contributed by atoms with Gasteiger partial charge in [-0.2, -0.15) is 10.4 Å². The van der Waals surface area contributed by atoms with Crippen molar-refractivity contribution in [1.82, 2.24) is 14.6 Å². The van der Waals surface area contributed by atoms with Crippen LogP contribution < -0.4 is 5.84 Å². The number of carbonyl (C=O) groups excluding carboxylic acids is 1. The number of nitrogens with two attached hydrogens (primary N) is 1. The fraction of sp³-hybridized carbons (Fsp3) is 0. The van der Waals surface area contributed by atoms with Crippen LogP contribution in [-0.4, -0.2) is 25.5 Å². The molecule has 0 spiro atoms. The van der Waals surface area contributed by atoms with Gasteiger partial charge in [-0.3, -0.25) is 19.9 Å². The molecule has 0 radical (unpaired) electrons. The van der Waals surface area contributed by atoms with Crippen molar-refractivity contribution >= 4 is 23.2 Å². The van der Waals surface area contributed by atoms with E-state index in [9.17, 15) is 14.9 Å². The summed E-state index contributed by atoms with van der Waals surface area (Å²) in [6, 6.07) is 10.6. The van der Waals surface area contributed by atoms with Crippen LogP contribution in [0.3, 0.4) is 0 Å². The minimum absolute atomic E-state index is 0.0954. The Kier molecular flexibility index (Phi) is 4.42. The Labute approximate surface area is 147 Å². The molecule has 2 heterocycles. The highest BCUT2D eigenvalue weighted by Gasteiger charge is 2.14. The Morgan fingerprint density at radius 2 is 2.19 bits per heavy atom. The number of hydrogen-bond donors (Lipinski definition) is 1. The van der Waals surface area contributed by atoms with Gasteiger partial charge in [0.1, 0.15) is 0 Å². The quantitative estimate of drug-likeness (QED) is 0.332. The third kappa shape index (κ3) is 3.26. The van der Waals surface area contributed by atoms with Gasteiger partial charge in [0.2, 0.25) is 0 Å². The zero-order valence-corrected chi connectivity index (χ0v) is 13.3. The van der Waals surface area contributed by atoms with Crippen molar-refractivity contribution < 1.29 is 9.72 Å². The van der Waals surface area contributed by atoms with Crippen molar-refractivity contribution in [3.63, 3.8) is 0 Å². The van der Waals surface area contributed by atoms with Crippen LogP contribution in [0.15, 0.2) is 55.0 Å². The maximum Gasteiger partial charge on any atom is 0.272 e. The number of rotatable bonds is 4. The van der Waals surface area contributed by atoms with Crippen LogP contribution in [0, 0.1) is 21.4 Å². The van der Waals surface area contributed by atoms with Gasteiger partial charge in [0.15, 0.2) is 0 Å². The number of nitro groups is 1. The lowest BCUT2D eigenvalue weighted by atomic mass is 10.2. The molecule has 3 rings (SSSR count). The number of nitro benzene ring substituents is 1. The number of amides is 1. The van der Waals surface area contributed by atoms with Crippen LogP contribution in [-0.2, 0) is 0 Å². The molecule has 0 atom stereocenters. The third-order valence-electron chi connectivity index (χ3n) is 3.63. The van der Waals surface area contributed by atoms with Crippen molar-refractivity contribution in [3.05, 3.63) is 81.8 Å². The Morgan fingerprint density at radius 3 is 2.92 bits per heavy atom. The highest BCUT2D eigenvalue weighted by molar-refractivity contribution is 5.95. The topological polar surface area (TPSA) is 131 Å². The molecule has 0 unspecified atom stereocenters. The van der Waals surface area contributed by atoms with Crippen molar-refractivity contribution in [1.29, 1.82) is 5.26 Å². The number of carbonyl (C=O) groups is 1. The SMILES string of the molecule is N#Cc1ccn2ncc(C=CN(N)C(=O)c3cccc([N+](=O)[O-])c3)c2c1. The number of hydrazine groups is 1. The smallest absolute Gasteiger partial charge is 0.267 e. The first-order valence-electron chi connectivity index (χ1n) is 7.38. The highest BCUT2D eigenvalue weighted by Crippen LogP contribution is 2.16. The molecule has 0 fully saturated rings. The van der Waals surface area contributed by atoms with E-state index in [-0.39, 0.29) is 11.3 Å². The van der Waals surface area contributed by atoms with Crippen LogP contribution in [0.4, 0.5) is 5.69 Å². The standard InChI is InChI=1S/C17H12N6O3/c18-10-12-4-7-22-16(8-12)14(11-20-22)5-6-21(19)17(24)13-2-1-3-15(9-13)23(25)26/h1-9,11H,19H2. The number of aromatic nitrogens is 2. The summed E-state index contributed by atoms with van der Waals surface area (Å²) in [6.45, 7) is 0. The molecule has 0 aliphatic rings. The van der Waals surface area contributed by atoms with Crippen LogP contribution in [0.2, 0.25) is 0 Å². The molecule has 2 N–H and O–H groups in total. The van der Waals surface area contributed by atoms with Crippen molar-refractivity contribution in [2.45, 2.75) is 0 Å². The number of fused-ring (bicyclic) bond motifs is 1. The first-order valence-corrected chi connectivity index (χ1v) is 7.38. The van der Waals surface area contributed by atoms with Crippen LogP contribution in [0.1, 0.15) is 21.5 Å². The van der Waals surface area contributed by atoms with E-state index in [0.717, 1.165) is 11.1 Å². The van der Waals surface area contributed by atoms with Gasteiger partial charge in [-0.1, -0.05) is 6.07 Å². The van der Waals surface area contributed by atoms with Gasteiger partial charge in [0.25, 0.3) is 11.6 Å². The molecule has 1 aromatic carbocycles. The average Bonchev–Trinajstić information content (AvgIpc) is 3.07. The minimum atomic E-state index is -0.598. The van der Waals surface area contributed by atoms with Crippen molar-refractivity contribution in [2.24, 2.45) is 5.84 Å². The van der Waals surface area contributed by atoms with Crippen LogP contribution >= 0.6 is 0 Å². The van der Waals surface area contributed by atoms with E-state index in [2.05, 4.69) is 5.10 Å². The van der Waals surface area contributed by atoms with Gasteiger partial charge in [-0.05, 0) is 24.3 Å². The lowest BCUT2D eigenvalue weighted by Gasteiger charge is -2.11. The molecule has 0 aliphatic carbocycles. The predicted octanol–water partition coefficient (Wildman–Crippen LogP) is 2.10. The number of nitrogens with zero attached hydrogens (tertiary/aromatic N) is 5. The molecule has 0 saturated carbocycles. The summed E-state index contributed by atoms with van der Waals surface area (Å²) in [5, 5.41) is 24.8. The summed E-state index contributed by atoms with van der Waals surface area (Å²) in [5.74, 6) is 5.14. The molecule has 0 bridgehead atoms. The van der Waals surface area contributed by atoms with Gasteiger partial charge >= 0.3 is 0 Å². The number of nitriles is 1. The van der Waals surface area contributed by atoms with Gasteiger partial charge in [0, 0.05) is 35.7 Å². The summed E-state index contributed by atoms with van der Waals surface area (Å²) in [7, 11) is 0. The lowest BCUT2D eigenvalue weighted by molar-refractivity contribution is -0.384. The fourth-order valence-electron chi connectivity index (χ4n) is 2.33. The molecule has 1 amide bonds. The molecule has 128 valence electrons. The Hall–Kier alpha value is -4.03. The molecular formula is C17H12N6O3. The van der Waals surface area contributed by atoms with Crippen molar-refractivity contribution in [2.75, 3.05) is 0 Å². The highest BCUT2D eigenvalue weighted by atomic mass is 16.6. The van der Waals surface area contributed by atoms with Crippen molar-refractivity contribution in [3.8, 4) is 6.07 Å². The van der Waals surface area contributed by atoms with E-state index < -0.39 is 10.8 Å². The second kappa shape index (κ2) is 6.84. The summed E-state index contributed by atoms with van der Waals surface area (Å²) in [4.78, 5) is 22.5. The largest absolute Gasteiger partial charge is 0.272 e. The molecule has 26 heavy (non-hydrogen) atoms. The second-order valence-corrected chi connectivity index (χ2v) is 5.29. The summed E-state index contributed by atoms with van der Waals surface area (Å²) < 4.78 is 1.59. The monoisotopic (exact) mass is 348 g/mol. The average molecular weight is 348 g/mol. The fourth-order valence-corrected chi connectivity index (χ4v) is 2.33. The first-order chi connectivity index (χ1) is 12.5. The van der Waals surface area contributed by atoms with E-state index in [1.165, 1.54) is 24.4 Å². The maximum absolute atomic E-state index is 12.3. The van der Waals surface area contributed by atoms with Gasteiger partial charge < -0.3 is 0 Å². The zero-order valence-electron chi connectivity index (χ0n) is 13.3. The van der Waals surface area contributed by atoms with Crippen LogP contribution in [0.5, 0.6) is 0 Å². The summed E-state index contributed by atoms with van der Waals surface area (Å²) in [6.07, 6.45) is 6.12. The van der Waals surface area contributed by atoms with E-state index in [1.54, 1.807) is 35.1 Å². The second-order valence-electron chi connectivity index (χ2n) is 5.29. The van der Waals surface area contributed by atoms with Gasteiger partial charge in [0.05, 0.1) is 28.3 Å².